The number of hydrogen-bond donors (Lipinski definition) is 0. The molecule has 1 amide bonds. The minimum absolute atomic E-state index is 0.0745. The molecule has 0 spiro atoms. The monoisotopic (exact) mass is 365 g/mol. The topological polar surface area (TPSA) is 38.8 Å². The van der Waals surface area contributed by atoms with Crippen LogP contribution in [0.15, 0.2) is 54.6 Å². The van der Waals surface area contributed by atoms with Crippen molar-refractivity contribution in [2.24, 2.45) is 0 Å². The molecule has 2 aromatic rings. The number of methoxy groups -OCH3 is 2. The Labute approximate surface area is 161 Å². The number of amides is 1. The van der Waals surface area contributed by atoms with E-state index in [4.69, 9.17) is 9.47 Å². The van der Waals surface area contributed by atoms with Crippen LogP contribution in [-0.2, 0) is 11.2 Å². The lowest BCUT2D eigenvalue weighted by Crippen LogP contribution is -2.44. The van der Waals surface area contributed by atoms with Gasteiger partial charge in [0.1, 0.15) is 0 Å². The van der Waals surface area contributed by atoms with Crippen molar-refractivity contribution in [3.05, 3.63) is 65.7 Å². The Morgan fingerprint density at radius 1 is 1.07 bits per heavy atom. The third-order valence-electron chi connectivity index (χ3n) is 5.05. The molecule has 0 aromatic heterocycles. The zero-order chi connectivity index (χ0) is 19.1. The van der Waals surface area contributed by atoms with Crippen LogP contribution in [0.5, 0.6) is 11.5 Å². The van der Waals surface area contributed by atoms with Gasteiger partial charge in [0.2, 0.25) is 5.91 Å². The molecule has 1 fully saturated rings. The molecule has 0 N–H and O–H groups in total. The highest BCUT2D eigenvalue weighted by molar-refractivity contribution is 5.92. The van der Waals surface area contributed by atoms with Gasteiger partial charge in [-0.15, -0.1) is 0 Å². The Hall–Kier alpha value is -2.75. The smallest absolute Gasteiger partial charge is 0.246 e. The van der Waals surface area contributed by atoms with Gasteiger partial charge in [-0.05, 0) is 55.0 Å². The summed E-state index contributed by atoms with van der Waals surface area (Å²) in [6, 6.07) is 16.3. The number of hydrogen-bond acceptors (Lipinski definition) is 3. The second-order valence-corrected chi connectivity index (χ2v) is 6.82. The van der Waals surface area contributed by atoms with Crippen LogP contribution < -0.4 is 9.47 Å². The zero-order valence-electron chi connectivity index (χ0n) is 16.1. The van der Waals surface area contributed by atoms with Crippen LogP contribution in [-0.4, -0.2) is 37.6 Å². The van der Waals surface area contributed by atoms with Gasteiger partial charge in [0.25, 0.3) is 0 Å². The summed E-state index contributed by atoms with van der Waals surface area (Å²) >= 11 is 0. The number of benzene rings is 2. The third kappa shape index (κ3) is 4.91. The largest absolute Gasteiger partial charge is 0.493 e. The van der Waals surface area contributed by atoms with E-state index in [1.54, 1.807) is 20.3 Å². The van der Waals surface area contributed by atoms with E-state index in [1.165, 1.54) is 12.0 Å². The van der Waals surface area contributed by atoms with Crippen LogP contribution >= 0.6 is 0 Å². The number of piperidine rings is 1. The summed E-state index contributed by atoms with van der Waals surface area (Å²) in [6.07, 6.45) is 7.74. The molecule has 2 aromatic carbocycles. The van der Waals surface area contributed by atoms with Gasteiger partial charge in [-0.1, -0.05) is 36.4 Å². The number of carbonyl (C=O) groups is 1. The molecule has 0 radical (unpaired) electrons. The lowest BCUT2D eigenvalue weighted by atomic mass is 9.95. The molecular formula is C23H27NO3. The molecule has 0 unspecified atom stereocenters. The predicted octanol–water partition coefficient (Wildman–Crippen LogP) is 4.34. The molecule has 4 heteroatoms. The van der Waals surface area contributed by atoms with E-state index >= 15 is 0 Å². The van der Waals surface area contributed by atoms with E-state index in [9.17, 15) is 4.79 Å². The van der Waals surface area contributed by atoms with Crippen molar-refractivity contribution in [2.75, 3.05) is 20.8 Å². The minimum Gasteiger partial charge on any atom is -0.493 e. The molecular weight excluding hydrogens is 338 g/mol. The van der Waals surface area contributed by atoms with Crippen LogP contribution in [0, 0.1) is 0 Å². The molecule has 1 saturated heterocycles. The summed E-state index contributed by atoms with van der Waals surface area (Å²) in [6.45, 7) is 0.826. The standard InChI is InChI=1S/C23H27NO3/c1-26-21-13-11-19(17-22(21)27-2)12-14-23(25)24-15-7-6-10-20(24)16-18-8-4-3-5-9-18/h3-5,8-9,11-14,17,20H,6-7,10,15-16H2,1-2H3/b14-12+/t20-/m1/s1. The lowest BCUT2D eigenvalue weighted by Gasteiger charge is -2.35. The van der Waals surface area contributed by atoms with Crippen molar-refractivity contribution in [1.29, 1.82) is 0 Å². The summed E-state index contributed by atoms with van der Waals surface area (Å²) in [5, 5.41) is 0. The van der Waals surface area contributed by atoms with Crippen LogP contribution in [0.4, 0.5) is 0 Å². The number of ether oxygens (including phenoxy) is 2. The van der Waals surface area contributed by atoms with E-state index in [0.717, 1.165) is 31.4 Å². The molecule has 1 heterocycles. The number of nitrogens with zero attached hydrogens (tertiary/aromatic N) is 1. The van der Waals surface area contributed by atoms with Gasteiger partial charge >= 0.3 is 0 Å². The van der Waals surface area contributed by atoms with Crippen molar-refractivity contribution >= 4 is 12.0 Å². The molecule has 0 saturated carbocycles. The molecule has 0 aliphatic carbocycles. The van der Waals surface area contributed by atoms with Gasteiger partial charge < -0.3 is 14.4 Å². The van der Waals surface area contributed by atoms with Crippen molar-refractivity contribution in [3.8, 4) is 11.5 Å². The molecule has 1 atom stereocenters. The molecule has 0 bridgehead atoms. The molecule has 4 nitrogen and oxygen atoms in total. The van der Waals surface area contributed by atoms with Crippen molar-refractivity contribution in [3.63, 3.8) is 0 Å². The second kappa shape index (κ2) is 9.26. The molecule has 3 rings (SSSR count). The van der Waals surface area contributed by atoms with Gasteiger partial charge in [-0.2, -0.15) is 0 Å². The molecule has 142 valence electrons. The van der Waals surface area contributed by atoms with Crippen LogP contribution in [0.1, 0.15) is 30.4 Å². The highest BCUT2D eigenvalue weighted by atomic mass is 16.5. The highest BCUT2D eigenvalue weighted by Gasteiger charge is 2.25. The quantitative estimate of drug-likeness (QED) is 0.715. The summed E-state index contributed by atoms with van der Waals surface area (Å²) in [5.41, 5.74) is 2.20. The average Bonchev–Trinajstić information content (AvgIpc) is 2.73. The first-order valence-electron chi connectivity index (χ1n) is 9.46. The normalized spacial score (nSPS) is 17.1. The first kappa shape index (κ1) is 19.0. The summed E-state index contributed by atoms with van der Waals surface area (Å²) < 4.78 is 10.6. The Morgan fingerprint density at radius 2 is 1.85 bits per heavy atom. The van der Waals surface area contributed by atoms with Crippen LogP contribution in [0.25, 0.3) is 6.08 Å². The van der Waals surface area contributed by atoms with Gasteiger partial charge in [-0.3, -0.25) is 4.79 Å². The lowest BCUT2D eigenvalue weighted by molar-refractivity contribution is -0.129. The Bertz CT molecular complexity index is 785. The van der Waals surface area contributed by atoms with Crippen molar-refractivity contribution in [1.82, 2.24) is 4.90 Å². The SMILES string of the molecule is COc1ccc(/C=C/C(=O)N2CCCC[C@@H]2Cc2ccccc2)cc1OC. The predicted molar refractivity (Wildman–Crippen MR) is 108 cm³/mol. The van der Waals surface area contributed by atoms with E-state index in [1.807, 2.05) is 35.2 Å². The van der Waals surface area contributed by atoms with Crippen LogP contribution in [0.2, 0.25) is 0 Å². The molecule has 27 heavy (non-hydrogen) atoms. The second-order valence-electron chi connectivity index (χ2n) is 6.82. The van der Waals surface area contributed by atoms with Gasteiger partial charge in [0.15, 0.2) is 11.5 Å². The average molecular weight is 365 g/mol. The summed E-state index contributed by atoms with van der Waals surface area (Å²) in [5.74, 6) is 1.41. The Morgan fingerprint density at radius 3 is 2.59 bits per heavy atom. The minimum atomic E-state index is 0.0745. The fourth-order valence-corrected chi connectivity index (χ4v) is 3.61. The first-order chi connectivity index (χ1) is 13.2. The Kier molecular flexibility index (Phi) is 6.53. The van der Waals surface area contributed by atoms with Gasteiger partial charge in [-0.25, -0.2) is 0 Å². The molecule has 1 aliphatic rings. The molecule has 1 aliphatic heterocycles. The highest BCUT2D eigenvalue weighted by Crippen LogP contribution is 2.28. The number of rotatable bonds is 6. The van der Waals surface area contributed by atoms with Gasteiger partial charge in [0.05, 0.1) is 14.2 Å². The first-order valence-corrected chi connectivity index (χ1v) is 9.46. The zero-order valence-corrected chi connectivity index (χ0v) is 16.1. The maximum absolute atomic E-state index is 12.8. The fraction of sp³-hybridized carbons (Fsp3) is 0.348. The summed E-state index contributed by atoms with van der Waals surface area (Å²) in [7, 11) is 3.22. The van der Waals surface area contributed by atoms with Crippen molar-refractivity contribution in [2.45, 2.75) is 31.7 Å². The number of likely N-dealkylation sites (tertiary alicyclic amines) is 1. The Balaban J connectivity index is 1.70. The summed E-state index contributed by atoms with van der Waals surface area (Å²) in [4.78, 5) is 14.9. The maximum Gasteiger partial charge on any atom is 0.246 e. The van der Waals surface area contributed by atoms with E-state index < -0.39 is 0 Å². The van der Waals surface area contributed by atoms with E-state index in [2.05, 4.69) is 24.3 Å². The maximum atomic E-state index is 12.8. The van der Waals surface area contributed by atoms with Crippen molar-refractivity contribution < 1.29 is 14.3 Å². The fourth-order valence-electron chi connectivity index (χ4n) is 3.61. The van der Waals surface area contributed by atoms with E-state index in [0.29, 0.717) is 11.5 Å². The van der Waals surface area contributed by atoms with Crippen LogP contribution in [0.3, 0.4) is 0 Å². The van der Waals surface area contributed by atoms with E-state index in [-0.39, 0.29) is 11.9 Å². The third-order valence-corrected chi connectivity index (χ3v) is 5.05. The van der Waals surface area contributed by atoms with Gasteiger partial charge in [0, 0.05) is 18.7 Å². The number of carbonyl (C=O) groups excluding carboxylic acids is 1.